The number of rotatable bonds is 3. The lowest BCUT2D eigenvalue weighted by Crippen LogP contribution is -2.28. The molecule has 0 spiro atoms. The third-order valence-electron chi connectivity index (χ3n) is 3.64. The molecular formula is C14H16N4O3. The maximum absolute atomic E-state index is 12.0. The zero-order valence-electron chi connectivity index (χ0n) is 11.4. The minimum absolute atomic E-state index is 0.0465. The van der Waals surface area contributed by atoms with Crippen LogP contribution in [0.15, 0.2) is 27.8 Å². The lowest BCUT2D eigenvalue weighted by Gasteiger charge is -2.09. The highest BCUT2D eigenvalue weighted by molar-refractivity contribution is 5.93. The molecule has 21 heavy (non-hydrogen) atoms. The standard InChI is InChI=1S/C14H16N4O3/c19-12(5-8-3-4-15-7-8)16-9-1-2-10-11(6-9)18-14(21)13(20)17-10/h1-2,6,8,15H,3-5,7H2,(H,16,19)(H,17,20)(H,18,21). The van der Waals surface area contributed by atoms with Crippen molar-refractivity contribution in [3.05, 3.63) is 38.9 Å². The summed E-state index contributed by atoms with van der Waals surface area (Å²) in [5.41, 5.74) is 0.217. The Morgan fingerprint density at radius 2 is 1.95 bits per heavy atom. The van der Waals surface area contributed by atoms with Crippen LogP contribution < -0.4 is 21.8 Å². The molecule has 7 heteroatoms. The monoisotopic (exact) mass is 288 g/mol. The maximum atomic E-state index is 12.0. The molecule has 0 aliphatic carbocycles. The third-order valence-corrected chi connectivity index (χ3v) is 3.64. The zero-order chi connectivity index (χ0) is 14.8. The van der Waals surface area contributed by atoms with Crippen LogP contribution in [0, 0.1) is 5.92 Å². The van der Waals surface area contributed by atoms with Crippen molar-refractivity contribution in [1.29, 1.82) is 0 Å². The average molecular weight is 288 g/mol. The van der Waals surface area contributed by atoms with Crippen molar-refractivity contribution >= 4 is 22.6 Å². The van der Waals surface area contributed by atoms with Gasteiger partial charge in [0, 0.05) is 12.1 Å². The molecule has 1 aliphatic heterocycles. The average Bonchev–Trinajstić information content (AvgIpc) is 2.93. The Morgan fingerprint density at radius 1 is 1.19 bits per heavy atom. The van der Waals surface area contributed by atoms with E-state index in [0.29, 0.717) is 29.1 Å². The Balaban J connectivity index is 1.77. The number of anilines is 1. The summed E-state index contributed by atoms with van der Waals surface area (Å²) in [7, 11) is 0. The number of hydrogen-bond donors (Lipinski definition) is 4. The van der Waals surface area contributed by atoms with E-state index in [4.69, 9.17) is 0 Å². The van der Waals surface area contributed by atoms with Crippen LogP contribution in [0.4, 0.5) is 5.69 Å². The van der Waals surface area contributed by atoms with E-state index < -0.39 is 11.1 Å². The fraction of sp³-hybridized carbons (Fsp3) is 0.357. The molecule has 2 aromatic rings. The Bertz CT molecular complexity index is 787. The Hall–Kier alpha value is -2.41. The summed E-state index contributed by atoms with van der Waals surface area (Å²) in [4.78, 5) is 39.4. The van der Waals surface area contributed by atoms with Gasteiger partial charge in [0.2, 0.25) is 5.91 Å². The topological polar surface area (TPSA) is 107 Å². The molecule has 1 aromatic carbocycles. The number of nitrogens with one attached hydrogen (secondary N) is 4. The van der Waals surface area contributed by atoms with Crippen molar-refractivity contribution in [3.63, 3.8) is 0 Å². The minimum atomic E-state index is -0.706. The van der Waals surface area contributed by atoms with Crippen LogP contribution in [0.25, 0.3) is 11.0 Å². The molecular weight excluding hydrogens is 272 g/mol. The predicted molar refractivity (Wildman–Crippen MR) is 79.4 cm³/mol. The van der Waals surface area contributed by atoms with E-state index in [2.05, 4.69) is 20.6 Å². The van der Waals surface area contributed by atoms with Gasteiger partial charge in [-0.3, -0.25) is 14.4 Å². The summed E-state index contributed by atoms with van der Waals surface area (Å²) >= 11 is 0. The normalized spacial score (nSPS) is 18.0. The van der Waals surface area contributed by atoms with Gasteiger partial charge in [0.05, 0.1) is 11.0 Å². The molecule has 4 N–H and O–H groups in total. The Kier molecular flexibility index (Phi) is 3.57. The second-order valence-electron chi connectivity index (χ2n) is 5.28. The number of aromatic nitrogens is 2. The number of amides is 1. The van der Waals surface area contributed by atoms with Crippen LogP contribution in [-0.4, -0.2) is 29.0 Å². The predicted octanol–water partition coefficient (Wildman–Crippen LogP) is 0.154. The van der Waals surface area contributed by atoms with Gasteiger partial charge in [-0.25, -0.2) is 0 Å². The number of hydrogen-bond acceptors (Lipinski definition) is 4. The summed E-state index contributed by atoms with van der Waals surface area (Å²) in [5, 5.41) is 6.04. The van der Waals surface area contributed by atoms with Gasteiger partial charge >= 0.3 is 11.1 Å². The molecule has 1 atom stereocenters. The van der Waals surface area contributed by atoms with E-state index in [0.717, 1.165) is 19.5 Å². The van der Waals surface area contributed by atoms with Crippen molar-refractivity contribution in [2.45, 2.75) is 12.8 Å². The lowest BCUT2D eigenvalue weighted by molar-refractivity contribution is -0.116. The number of benzene rings is 1. The molecule has 1 unspecified atom stereocenters. The quantitative estimate of drug-likeness (QED) is 0.603. The number of carbonyl (C=O) groups is 1. The summed E-state index contributed by atoms with van der Waals surface area (Å²) in [5.74, 6) is 0.330. The van der Waals surface area contributed by atoms with Crippen LogP contribution >= 0.6 is 0 Å². The fourth-order valence-corrected chi connectivity index (χ4v) is 2.56. The van der Waals surface area contributed by atoms with Crippen LogP contribution in [0.5, 0.6) is 0 Å². The summed E-state index contributed by atoms with van der Waals surface area (Å²) in [6.07, 6.45) is 1.49. The Morgan fingerprint density at radius 3 is 2.67 bits per heavy atom. The van der Waals surface area contributed by atoms with Crippen LogP contribution in [0.3, 0.4) is 0 Å². The molecule has 0 radical (unpaired) electrons. The minimum Gasteiger partial charge on any atom is -0.326 e. The first-order valence-corrected chi connectivity index (χ1v) is 6.89. The molecule has 0 saturated carbocycles. The van der Waals surface area contributed by atoms with E-state index in [1.807, 2.05) is 0 Å². The van der Waals surface area contributed by atoms with E-state index in [1.165, 1.54) is 0 Å². The number of aromatic amines is 2. The molecule has 110 valence electrons. The van der Waals surface area contributed by atoms with Crippen molar-refractivity contribution in [2.75, 3.05) is 18.4 Å². The summed E-state index contributed by atoms with van der Waals surface area (Å²) in [6.45, 7) is 1.84. The SMILES string of the molecule is O=C(CC1CCNC1)Nc1ccc2[nH]c(=O)c(=O)[nH]c2c1. The number of H-pyrrole nitrogens is 2. The summed E-state index contributed by atoms with van der Waals surface area (Å²) < 4.78 is 0. The van der Waals surface area contributed by atoms with E-state index >= 15 is 0 Å². The van der Waals surface area contributed by atoms with Gasteiger partial charge < -0.3 is 20.6 Å². The molecule has 1 fully saturated rings. The number of fused-ring (bicyclic) bond motifs is 1. The van der Waals surface area contributed by atoms with E-state index in [1.54, 1.807) is 18.2 Å². The summed E-state index contributed by atoms with van der Waals surface area (Å²) in [6, 6.07) is 4.98. The van der Waals surface area contributed by atoms with E-state index in [-0.39, 0.29) is 5.91 Å². The van der Waals surface area contributed by atoms with Crippen LogP contribution in [-0.2, 0) is 4.79 Å². The van der Waals surface area contributed by atoms with Crippen molar-refractivity contribution < 1.29 is 4.79 Å². The van der Waals surface area contributed by atoms with Gasteiger partial charge in [-0.05, 0) is 43.6 Å². The first-order valence-electron chi connectivity index (χ1n) is 6.89. The number of carbonyl (C=O) groups excluding carboxylic acids is 1. The van der Waals surface area contributed by atoms with Crippen molar-refractivity contribution in [2.24, 2.45) is 5.92 Å². The molecule has 3 rings (SSSR count). The highest BCUT2D eigenvalue weighted by Gasteiger charge is 2.18. The third kappa shape index (κ3) is 3.03. The van der Waals surface area contributed by atoms with Gasteiger partial charge in [-0.15, -0.1) is 0 Å². The zero-order valence-corrected chi connectivity index (χ0v) is 11.4. The second-order valence-corrected chi connectivity index (χ2v) is 5.28. The van der Waals surface area contributed by atoms with Crippen LogP contribution in [0.2, 0.25) is 0 Å². The smallest absolute Gasteiger partial charge is 0.314 e. The second kappa shape index (κ2) is 5.53. The first kappa shape index (κ1) is 13.6. The maximum Gasteiger partial charge on any atom is 0.314 e. The molecule has 1 amide bonds. The highest BCUT2D eigenvalue weighted by Crippen LogP contribution is 2.16. The first-order chi connectivity index (χ1) is 10.1. The van der Waals surface area contributed by atoms with Crippen molar-refractivity contribution in [1.82, 2.24) is 15.3 Å². The van der Waals surface area contributed by atoms with Gasteiger partial charge in [-0.2, -0.15) is 0 Å². The van der Waals surface area contributed by atoms with Gasteiger partial charge in [-0.1, -0.05) is 0 Å². The highest BCUT2D eigenvalue weighted by atomic mass is 16.2. The molecule has 1 saturated heterocycles. The van der Waals surface area contributed by atoms with Gasteiger partial charge in [0.25, 0.3) is 0 Å². The lowest BCUT2D eigenvalue weighted by atomic mass is 10.0. The molecule has 7 nitrogen and oxygen atoms in total. The molecule has 1 aromatic heterocycles. The largest absolute Gasteiger partial charge is 0.326 e. The van der Waals surface area contributed by atoms with Gasteiger partial charge in [0.1, 0.15) is 0 Å². The molecule has 1 aliphatic rings. The van der Waals surface area contributed by atoms with E-state index in [9.17, 15) is 14.4 Å². The Labute approximate surface area is 119 Å². The molecule has 2 heterocycles. The fourth-order valence-electron chi connectivity index (χ4n) is 2.56. The van der Waals surface area contributed by atoms with Gasteiger partial charge in [0.15, 0.2) is 0 Å². The van der Waals surface area contributed by atoms with Crippen LogP contribution in [0.1, 0.15) is 12.8 Å². The molecule has 0 bridgehead atoms. The van der Waals surface area contributed by atoms with Crippen molar-refractivity contribution in [3.8, 4) is 0 Å².